The van der Waals surface area contributed by atoms with Crippen molar-refractivity contribution in [2.75, 3.05) is 9.74 Å². The van der Waals surface area contributed by atoms with E-state index in [-0.39, 0.29) is 4.43 Å². The van der Waals surface area contributed by atoms with Crippen LogP contribution in [0.2, 0.25) is 0 Å². The van der Waals surface area contributed by atoms with Crippen molar-refractivity contribution in [1.82, 2.24) is 10.3 Å². The maximum atomic E-state index is 14.5. The van der Waals surface area contributed by atoms with E-state index in [4.69, 9.17) is 0 Å². The van der Waals surface area contributed by atoms with E-state index in [0.717, 1.165) is 28.1 Å². The number of anilines is 1. The quantitative estimate of drug-likeness (QED) is 0.120. The Morgan fingerprint density at radius 3 is 2.21 bits per heavy atom. The Hall–Kier alpha value is -3.32. The summed E-state index contributed by atoms with van der Waals surface area (Å²) >= 11 is 3.16. The number of aromatic nitrogens is 1. The zero-order chi connectivity index (χ0) is 28.2. The Morgan fingerprint density at radius 2 is 1.59 bits per heavy atom. The second-order valence-corrected chi connectivity index (χ2v) is 10.7. The highest BCUT2D eigenvalue weighted by Crippen LogP contribution is 2.34. The highest BCUT2D eigenvalue weighted by atomic mass is 127. The van der Waals surface area contributed by atoms with Crippen molar-refractivity contribution in [1.29, 1.82) is 0 Å². The summed E-state index contributed by atoms with van der Waals surface area (Å²) < 4.78 is 54.0. The standard InChI is InChI=1S/C28H22F4IN3O2S/c1-27(16-33,36-24(37)19-13-8-14-20(22(19)29)28(30,31)32)25(38)35-26-34-23(18-11-6-3-7-12-18)21(39-26)15-17-9-4-2-5-10-17/h2-14H,15-16H2,1H3,(H,36,37)(H,34,35,38). The van der Waals surface area contributed by atoms with Crippen LogP contribution in [-0.2, 0) is 17.4 Å². The summed E-state index contributed by atoms with van der Waals surface area (Å²) in [6, 6.07) is 21.7. The van der Waals surface area contributed by atoms with Gasteiger partial charge in [0.15, 0.2) is 5.13 Å². The molecule has 0 aliphatic carbocycles. The van der Waals surface area contributed by atoms with Crippen molar-refractivity contribution < 1.29 is 27.2 Å². The largest absolute Gasteiger partial charge is 0.419 e. The van der Waals surface area contributed by atoms with Gasteiger partial charge in [0.05, 0.1) is 16.8 Å². The minimum Gasteiger partial charge on any atom is -0.337 e. The second kappa shape index (κ2) is 11.8. The fraction of sp³-hybridized carbons (Fsp3) is 0.179. The maximum absolute atomic E-state index is 14.5. The topological polar surface area (TPSA) is 71.1 Å². The predicted molar refractivity (Wildman–Crippen MR) is 152 cm³/mol. The molecule has 0 radical (unpaired) electrons. The average Bonchev–Trinajstić information content (AvgIpc) is 3.30. The number of hydrogen-bond acceptors (Lipinski definition) is 4. The molecule has 4 aromatic rings. The van der Waals surface area contributed by atoms with Crippen molar-refractivity contribution >= 4 is 50.9 Å². The molecule has 5 nitrogen and oxygen atoms in total. The first-order valence-electron chi connectivity index (χ1n) is 11.7. The monoisotopic (exact) mass is 667 g/mol. The molecule has 0 saturated carbocycles. The third kappa shape index (κ3) is 6.64. The van der Waals surface area contributed by atoms with Gasteiger partial charge in [-0.15, -0.1) is 11.3 Å². The Kier molecular flexibility index (Phi) is 8.70. The molecule has 0 fully saturated rings. The van der Waals surface area contributed by atoms with Crippen molar-refractivity contribution in [3.8, 4) is 11.3 Å². The third-order valence-electron chi connectivity index (χ3n) is 5.88. The minimum atomic E-state index is -4.97. The third-order valence-corrected chi connectivity index (χ3v) is 8.38. The normalized spacial score (nSPS) is 13.0. The van der Waals surface area contributed by atoms with E-state index in [1.165, 1.54) is 18.3 Å². The molecule has 3 aromatic carbocycles. The number of nitrogens with one attached hydrogen (secondary N) is 2. The lowest BCUT2D eigenvalue weighted by Crippen LogP contribution is -2.56. The zero-order valence-corrected chi connectivity index (χ0v) is 23.5. The Labute approximate surface area is 239 Å². The Balaban J connectivity index is 1.59. The van der Waals surface area contributed by atoms with Crippen LogP contribution in [0.25, 0.3) is 11.3 Å². The average molecular weight is 667 g/mol. The van der Waals surface area contributed by atoms with Crippen LogP contribution in [0.3, 0.4) is 0 Å². The van der Waals surface area contributed by atoms with Crippen LogP contribution in [-0.4, -0.2) is 26.8 Å². The number of halogens is 5. The highest BCUT2D eigenvalue weighted by molar-refractivity contribution is 14.1. The van der Waals surface area contributed by atoms with Crippen LogP contribution in [0.15, 0.2) is 78.9 Å². The molecule has 1 heterocycles. The van der Waals surface area contributed by atoms with Crippen molar-refractivity contribution in [3.05, 3.63) is 106 Å². The zero-order valence-electron chi connectivity index (χ0n) is 20.5. The van der Waals surface area contributed by atoms with E-state index in [0.29, 0.717) is 23.3 Å². The van der Waals surface area contributed by atoms with E-state index in [9.17, 15) is 27.2 Å². The van der Waals surface area contributed by atoms with Crippen LogP contribution in [0.5, 0.6) is 0 Å². The number of nitrogens with zero attached hydrogens (tertiary/aromatic N) is 1. The van der Waals surface area contributed by atoms with Crippen molar-refractivity contribution in [3.63, 3.8) is 0 Å². The van der Waals surface area contributed by atoms with Gasteiger partial charge >= 0.3 is 6.18 Å². The van der Waals surface area contributed by atoms with Gasteiger partial charge in [-0.3, -0.25) is 14.9 Å². The van der Waals surface area contributed by atoms with Crippen LogP contribution < -0.4 is 10.6 Å². The van der Waals surface area contributed by atoms with Gasteiger partial charge in [-0.05, 0) is 24.6 Å². The molecule has 0 bridgehead atoms. The number of carbonyl (C=O) groups excluding carboxylic acids is 2. The summed E-state index contributed by atoms with van der Waals surface area (Å²) in [6.45, 7) is 1.41. The number of thiazole rings is 1. The predicted octanol–water partition coefficient (Wildman–Crippen LogP) is 7.12. The van der Waals surface area contributed by atoms with E-state index in [2.05, 4.69) is 15.6 Å². The van der Waals surface area contributed by atoms with Crippen LogP contribution in [0, 0.1) is 5.82 Å². The molecule has 0 aliphatic heterocycles. The first-order valence-corrected chi connectivity index (χ1v) is 14.0. The number of carbonyl (C=O) groups is 2. The SMILES string of the molecule is CC(CI)(NC(=O)c1cccc(C(F)(F)F)c1F)C(=O)Nc1nc(-c2ccccc2)c(Cc2ccccc2)s1. The molecule has 0 spiro atoms. The van der Waals surface area contributed by atoms with Crippen LogP contribution >= 0.6 is 33.9 Å². The molecular weight excluding hydrogens is 645 g/mol. The number of hydrogen-bond donors (Lipinski definition) is 2. The fourth-order valence-electron chi connectivity index (χ4n) is 3.76. The molecule has 11 heteroatoms. The lowest BCUT2D eigenvalue weighted by molar-refractivity contribution is -0.140. The van der Waals surface area contributed by atoms with Gasteiger partial charge < -0.3 is 5.32 Å². The Bertz CT molecular complexity index is 1480. The summed E-state index contributed by atoms with van der Waals surface area (Å²) in [7, 11) is 0. The molecular formula is C28H22F4IN3O2S. The first-order chi connectivity index (χ1) is 18.5. The van der Waals surface area contributed by atoms with E-state index in [1.807, 2.05) is 83.3 Å². The van der Waals surface area contributed by atoms with E-state index < -0.39 is 40.5 Å². The molecule has 4 rings (SSSR count). The molecule has 39 heavy (non-hydrogen) atoms. The minimum absolute atomic E-state index is 0.0523. The van der Waals surface area contributed by atoms with Gasteiger partial charge in [-0.1, -0.05) is 89.3 Å². The molecule has 202 valence electrons. The summed E-state index contributed by atoms with van der Waals surface area (Å²) in [6.07, 6.45) is -4.39. The van der Waals surface area contributed by atoms with Gasteiger partial charge in [0.1, 0.15) is 11.4 Å². The van der Waals surface area contributed by atoms with Crippen LogP contribution in [0.4, 0.5) is 22.7 Å². The van der Waals surface area contributed by atoms with Crippen LogP contribution in [0.1, 0.15) is 33.3 Å². The molecule has 0 aliphatic rings. The highest BCUT2D eigenvalue weighted by Gasteiger charge is 2.38. The summed E-state index contributed by atoms with van der Waals surface area (Å²) in [5.74, 6) is -3.48. The van der Waals surface area contributed by atoms with E-state index >= 15 is 0 Å². The lowest BCUT2D eigenvalue weighted by atomic mass is 10.0. The molecule has 2 amide bonds. The van der Waals surface area contributed by atoms with Crippen molar-refractivity contribution in [2.45, 2.75) is 25.1 Å². The summed E-state index contributed by atoms with van der Waals surface area (Å²) in [5, 5.41) is 5.43. The van der Waals surface area contributed by atoms with E-state index in [1.54, 1.807) is 0 Å². The number of benzene rings is 3. The molecule has 2 N–H and O–H groups in total. The first kappa shape index (κ1) is 28.7. The number of amides is 2. The summed E-state index contributed by atoms with van der Waals surface area (Å²) in [5.41, 5.74) is -1.31. The second-order valence-electron chi connectivity index (χ2n) is 8.86. The fourth-order valence-corrected chi connectivity index (χ4v) is 5.31. The van der Waals surface area contributed by atoms with Gasteiger partial charge in [-0.25, -0.2) is 9.37 Å². The number of alkyl halides is 4. The molecule has 1 unspecified atom stereocenters. The maximum Gasteiger partial charge on any atom is 0.419 e. The smallest absolute Gasteiger partial charge is 0.337 e. The van der Waals surface area contributed by atoms with Crippen molar-refractivity contribution in [2.24, 2.45) is 0 Å². The van der Waals surface area contributed by atoms with Gasteiger partial charge in [0.2, 0.25) is 0 Å². The van der Waals surface area contributed by atoms with Gasteiger partial charge in [-0.2, -0.15) is 13.2 Å². The Morgan fingerprint density at radius 1 is 0.949 bits per heavy atom. The molecule has 1 atom stereocenters. The lowest BCUT2D eigenvalue weighted by Gasteiger charge is -2.27. The molecule has 1 aromatic heterocycles. The van der Waals surface area contributed by atoms with Gasteiger partial charge in [0.25, 0.3) is 11.8 Å². The summed E-state index contributed by atoms with van der Waals surface area (Å²) in [4.78, 5) is 31.7. The number of rotatable bonds is 8. The van der Waals surface area contributed by atoms with Gasteiger partial charge in [0, 0.05) is 21.3 Å². The molecule has 0 saturated heterocycles.